The minimum absolute atomic E-state index is 0.225. The molecule has 4 nitrogen and oxygen atoms in total. The predicted octanol–water partition coefficient (Wildman–Crippen LogP) is 2.23. The van der Waals surface area contributed by atoms with Gasteiger partial charge in [0.2, 0.25) is 0 Å². The SMILES string of the molecule is Cc1nc2[nH]c(=O)[nH]c2cc1-c1ccccc1. The second-order valence-corrected chi connectivity index (χ2v) is 3.96. The maximum absolute atomic E-state index is 11.2. The lowest BCUT2D eigenvalue weighted by molar-refractivity contribution is 1.18. The zero-order valence-corrected chi connectivity index (χ0v) is 9.32. The van der Waals surface area contributed by atoms with Crippen molar-refractivity contribution in [1.82, 2.24) is 15.0 Å². The summed E-state index contributed by atoms with van der Waals surface area (Å²) in [6.07, 6.45) is 0. The Balaban J connectivity index is 2.30. The highest BCUT2D eigenvalue weighted by Gasteiger charge is 2.07. The van der Waals surface area contributed by atoms with Crippen LogP contribution in [0.4, 0.5) is 0 Å². The van der Waals surface area contributed by atoms with Crippen LogP contribution in [0, 0.1) is 6.92 Å². The van der Waals surface area contributed by atoms with Crippen LogP contribution in [0.5, 0.6) is 0 Å². The van der Waals surface area contributed by atoms with Crippen molar-refractivity contribution in [2.45, 2.75) is 6.92 Å². The first-order chi connectivity index (χ1) is 8.24. The summed E-state index contributed by atoms with van der Waals surface area (Å²) >= 11 is 0. The number of pyridine rings is 1. The number of hydrogen-bond acceptors (Lipinski definition) is 2. The average Bonchev–Trinajstić information content (AvgIpc) is 2.68. The number of aryl methyl sites for hydroxylation is 1. The van der Waals surface area contributed by atoms with Gasteiger partial charge >= 0.3 is 5.69 Å². The Hall–Kier alpha value is -2.36. The smallest absolute Gasteiger partial charge is 0.304 e. The number of imidazole rings is 1. The Labute approximate surface area is 97.3 Å². The Morgan fingerprint density at radius 3 is 2.65 bits per heavy atom. The molecule has 0 fully saturated rings. The molecule has 3 rings (SSSR count). The van der Waals surface area contributed by atoms with Crippen LogP contribution in [0.3, 0.4) is 0 Å². The normalized spacial score (nSPS) is 10.9. The van der Waals surface area contributed by atoms with Crippen LogP contribution >= 0.6 is 0 Å². The average molecular weight is 225 g/mol. The third-order valence-corrected chi connectivity index (χ3v) is 2.78. The Morgan fingerprint density at radius 2 is 1.88 bits per heavy atom. The van der Waals surface area contributed by atoms with Crippen LogP contribution in [0.15, 0.2) is 41.2 Å². The molecular weight excluding hydrogens is 214 g/mol. The summed E-state index contributed by atoms with van der Waals surface area (Å²) in [5.74, 6) is 0. The van der Waals surface area contributed by atoms with Crippen molar-refractivity contribution in [3.8, 4) is 11.1 Å². The minimum atomic E-state index is -0.225. The predicted molar refractivity (Wildman–Crippen MR) is 66.9 cm³/mol. The molecular formula is C13H11N3O. The molecule has 4 heteroatoms. The van der Waals surface area contributed by atoms with E-state index < -0.39 is 0 Å². The number of fused-ring (bicyclic) bond motifs is 1. The van der Waals surface area contributed by atoms with Crippen molar-refractivity contribution < 1.29 is 0 Å². The van der Waals surface area contributed by atoms with Gasteiger partial charge in [-0.05, 0) is 18.6 Å². The van der Waals surface area contributed by atoms with Crippen LogP contribution in [-0.4, -0.2) is 15.0 Å². The lowest BCUT2D eigenvalue weighted by atomic mass is 10.0. The Kier molecular flexibility index (Phi) is 2.08. The molecule has 0 spiro atoms. The largest absolute Gasteiger partial charge is 0.325 e. The summed E-state index contributed by atoms with van der Waals surface area (Å²) in [7, 11) is 0. The molecule has 0 radical (unpaired) electrons. The molecule has 2 aromatic heterocycles. The molecule has 0 aliphatic heterocycles. The number of nitrogens with zero attached hydrogens (tertiary/aromatic N) is 1. The first-order valence-corrected chi connectivity index (χ1v) is 5.39. The van der Waals surface area contributed by atoms with Gasteiger partial charge in [-0.2, -0.15) is 0 Å². The fourth-order valence-corrected chi connectivity index (χ4v) is 1.97. The fourth-order valence-electron chi connectivity index (χ4n) is 1.97. The van der Waals surface area contributed by atoms with Crippen molar-refractivity contribution in [1.29, 1.82) is 0 Å². The zero-order chi connectivity index (χ0) is 11.8. The number of H-pyrrole nitrogens is 2. The van der Waals surface area contributed by atoms with E-state index >= 15 is 0 Å². The van der Waals surface area contributed by atoms with E-state index in [-0.39, 0.29) is 5.69 Å². The molecule has 17 heavy (non-hydrogen) atoms. The maximum Gasteiger partial charge on any atom is 0.325 e. The molecule has 0 atom stereocenters. The number of rotatable bonds is 1. The number of nitrogens with one attached hydrogen (secondary N) is 2. The first-order valence-electron chi connectivity index (χ1n) is 5.39. The van der Waals surface area contributed by atoms with Gasteiger partial charge in [0.25, 0.3) is 0 Å². The number of hydrogen-bond donors (Lipinski definition) is 2. The number of aromatic nitrogens is 3. The van der Waals surface area contributed by atoms with E-state index in [2.05, 4.69) is 15.0 Å². The van der Waals surface area contributed by atoms with Crippen LogP contribution in [-0.2, 0) is 0 Å². The second kappa shape index (κ2) is 3.59. The topological polar surface area (TPSA) is 61.5 Å². The van der Waals surface area contributed by atoms with Crippen LogP contribution in [0.25, 0.3) is 22.3 Å². The maximum atomic E-state index is 11.2. The van der Waals surface area contributed by atoms with Crippen LogP contribution in [0.1, 0.15) is 5.69 Å². The van der Waals surface area contributed by atoms with E-state index in [1.165, 1.54) is 0 Å². The molecule has 0 saturated carbocycles. The van der Waals surface area contributed by atoms with Crippen molar-refractivity contribution in [2.75, 3.05) is 0 Å². The minimum Gasteiger partial charge on any atom is -0.304 e. The summed E-state index contributed by atoms with van der Waals surface area (Å²) < 4.78 is 0. The molecule has 84 valence electrons. The summed E-state index contributed by atoms with van der Waals surface area (Å²) in [6, 6.07) is 12.0. The lowest BCUT2D eigenvalue weighted by Gasteiger charge is -2.04. The summed E-state index contributed by atoms with van der Waals surface area (Å²) in [4.78, 5) is 21.0. The molecule has 0 bridgehead atoms. The van der Waals surface area contributed by atoms with Gasteiger partial charge in [0, 0.05) is 11.3 Å². The quantitative estimate of drug-likeness (QED) is 0.667. The highest BCUT2D eigenvalue weighted by atomic mass is 16.1. The second-order valence-electron chi connectivity index (χ2n) is 3.96. The van der Waals surface area contributed by atoms with E-state index in [0.29, 0.717) is 5.65 Å². The Morgan fingerprint density at radius 1 is 1.12 bits per heavy atom. The number of benzene rings is 1. The highest BCUT2D eigenvalue weighted by molar-refractivity contribution is 5.79. The lowest BCUT2D eigenvalue weighted by Crippen LogP contribution is -1.99. The van der Waals surface area contributed by atoms with Gasteiger partial charge in [0.05, 0.1) is 5.52 Å². The zero-order valence-electron chi connectivity index (χ0n) is 9.32. The number of aromatic amines is 2. The molecule has 0 amide bonds. The van der Waals surface area contributed by atoms with Crippen LogP contribution < -0.4 is 5.69 Å². The van der Waals surface area contributed by atoms with Gasteiger partial charge in [0.1, 0.15) is 0 Å². The van der Waals surface area contributed by atoms with Gasteiger partial charge in [-0.15, -0.1) is 0 Å². The van der Waals surface area contributed by atoms with Gasteiger partial charge in [-0.25, -0.2) is 9.78 Å². The van der Waals surface area contributed by atoms with E-state index in [4.69, 9.17) is 0 Å². The highest BCUT2D eigenvalue weighted by Crippen LogP contribution is 2.23. The van der Waals surface area contributed by atoms with Crippen LogP contribution in [0.2, 0.25) is 0 Å². The van der Waals surface area contributed by atoms with E-state index in [9.17, 15) is 4.79 Å². The molecule has 1 aromatic carbocycles. The fraction of sp³-hybridized carbons (Fsp3) is 0.0769. The van der Waals surface area contributed by atoms with Crippen molar-refractivity contribution in [3.05, 3.63) is 52.6 Å². The molecule has 0 aliphatic rings. The molecule has 3 aromatic rings. The Bertz CT molecular complexity index is 725. The standard InChI is InChI=1S/C13H11N3O/c1-8-10(9-5-3-2-4-6-9)7-11-12(14-8)16-13(17)15-11/h2-7H,1H3,(H2,14,15,16,17). The third kappa shape index (κ3) is 1.63. The van der Waals surface area contributed by atoms with Crippen molar-refractivity contribution >= 4 is 11.2 Å². The molecule has 0 saturated heterocycles. The molecule has 0 aliphatic carbocycles. The van der Waals surface area contributed by atoms with E-state index in [1.54, 1.807) is 0 Å². The van der Waals surface area contributed by atoms with Crippen molar-refractivity contribution in [3.63, 3.8) is 0 Å². The van der Waals surface area contributed by atoms with E-state index in [0.717, 1.165) is 22.3 Å². The summed E-state index contributed by atoms with van der Waals surface area (Å²) in [5, 5.41) is 0. The van der Waals surface area contributed by atoms with Gasteiger partial charge < -0.3 is 4.98 Å². The summed E-state index contributed by atoms with van der Waals surface area (Å²) in [6.45, 7) is 1.94. The summed E-state index contributed by atoms with van der Waals surface area (Å²) in [5.41, 5.74) is 4.15. The van der Waals surface area contributed by atoms with Gasteiger partial charge in [-0.3, -0.25) is 4.98 Å². The van der Waals surface area contributed by atoms with Crippen molar-refractivity contribution in [2.24, 2.45) is 0 Å². The molecule has 2 heterocycles. The third-order valence-electron chi connectivity index (χ3n) is 2.78. The molecule has 2 N–H and O–H groups in total. The van der Waals surface area contributed by atoms with Gasteiger partial charge in [0.15, 0.2) is 5.65 Å². The van der Waals surface area contributed by atoms with E-state index in [1.807, 2.05) is 43.3 Å². The van der Waals surface area contributed by atoms with Gasteiger partial charge in [-0.1, -0.05) is 30.3 Å². The first kappa shape index (κ1) is 9.84. The monoisotopic (exact) mass is 225 g/mol. The molecule has 0 unspecified atom stereocenters.